The van der Waals surface area contributed by atoms with E-state index < -0.39 is 17.8 Å². The molecular weight excluding hydrogens is 669 g/mol. The number of nitrogens with zero attached hydrogens (tertiary/aromatic N) is 2. The predicted octanol–water partition coefficient (Wildman–Crippen LogP) is 8.73. The first-order valence-corrected chi connectivity index (χ1v) is 19.6. The molecule has 8 nitrogen and oxygen atoms in total. The van der Waals surface area contributed by atoms with Crippen LogP contribution < -0.4 is 15.5 Å². The SMILES string of the molecule is Cc1ccc(NC(=O)c2c(-n3c(C)cc(/C=C4/C(=O)NC(=O)N(c5ccc(C67CC8CC(CC(C8)C6)C7)cc5)C4=O)c3C)sc3c2CCCC3)cc1. The molecule has 1 saturated heterocycles. The van der Waals surface area contributed by atoms with E-state index in [0.717, 1.165) is 81.5 Å². The molecule has 2 aromatic heterocycles. The van der Waals surface area contributed by atoms with Crippen molar-refractivity contribution in [2.75, 3.05) is 10.2 Å². The molecular formula is C43H44N4O4S. The summed E-state index contributed by atoms with van der Waals surface area (Å²) >= 11 is 1.64. The number of thiophene rings is 1. The highest BCUT2D eigenvalue weighted by molar-refractivity contribution is 7.15. The van der Waals surface area contributed by atoms with E-state index >= 15 is 0 Å². The van der Waals surface area contributed by atoms with Gasteiger partial charge in [-0.1, -0.05) is 29.8 Å². The van der Waals surface area contributed by atoms with Crippen LogP contribution in [0.1, 0.15) is 100 Å². The molecule has 10 rings (SSSR count). The Bertz CT molecular complexity index is 2150. The van der Waals surface area contributed by atoms with Crippen LogP contribution in [0.5, 0.6) is 0 Å². The van der Waals surface area contributed by atoms with Gasteiger partial charge in [-0.05, 0) is 161 Å². The quantitative estimate of drug-likeness (QED) is 0.154. The summed E-state index contributed by atoms with van der Waals surface area (Å²) < 4.78 is 2.07. The van der Waals surface area contributed by atoms with E-state index in [9.17, 15) is 19.2 Å². The summed E-state index contributed by atoms with van der Waals surface area (Å²) in [5, 5.41) is 6.37. The van der Waals surface area contributed by atoms with E-state index in [0.29, 0.717) is 16.8 Å². The van der Waals surface area contributed by atoms with Crippen LogP contribution in [-0.2, 0) is 27.8 Å². The molecule has 6 aliphatic rings. The number of aryl methyl sites for hydroxylation is 3. The number of nitrogens with one attached hydrogen (secondary N) is 2. The summed E-state index contributed by atoms with van der Waals surface area (Å²) in [7, 11) is 0. The van der Waals surface area contributed by atoms with Crippen molar-refractivity contribution in [3.05, 3.63) is 104 Å². The minimum atomic E-state index is -0.742. The van der Waals surface area contributed by atoms with Crippen molar-refractivity contribution >= 4 is 52.5 Å². The third kappa shape index (κ3) is 5.47. The number of carbonyl (C=O) groups is 4. The lowest BCUT2D eigenvalue weighted by Gasteiger charge is -2.57. The highest BCUT2D eigenvalue weighted by atomic mass is 32.1. The highest BCUT2D eigenvalue weighted by Gasteiger charge is 2.51. The van der Waals surface area contributed by atoms with Gasteiger partial charge in [-0.25, -0.2) is 9.69 Å². The van der Waals surface area contributed by atoms with E-state index in [-0.39, 0.29) is 16.9 Å². The van der Waals surface area contributed by atoms with Gasteiger partial charge in [-0.3, -0.25) is 19.7 Å². The lowest BCUT2D eigenvalue weighted by molar-refractivity contribution is -0.122. The largest absolute Gasteiger partial charge is 0.335 e. The zero-order valence-corrected chi connectivity index (χ0v) is 30.8. The number of barbiturate groups is 1. The molecule has 52 heavy (non-hydrogen) atoms. The Balaban J connectivity index is 1.03. The molecule has 4 bridgehead atoms. The van der Waals surface area contributed by atoms with E-state index in [1.807, 2.05) is 63.2 Å². The average Bonchev–Trinajstić information content (AvgIpc) is 3.62. The normalized spacial score (nSPS) is 25.8. The number of urea groups is 1. The maximum Gasteiger partial charge on any atom is 0.335 e. The van der Waals surface area contributed by atoms with Crippen LogP contribution in [0, 0.1) is 38.5 Å². The summed E-state index contributed by atoms with van der Waals surface area (Å²) in [5.74, 6) is 0.934. The van der Waals surface area contributed by atoms with Crippen molar-refractivity contribution in [3.8, 4) is 5.00 Å². The zero-order valence-electron chi connectivity index (χ0n) is 30.0. The molecule has 1 aliphatic heterocycles. The molecule has 4 saturated carbocycles. The zero-order chi connectivity index (χ0) is 35.9. The lowest BCUT2D eigenvalue weighted by Crippen LogP contribution is -2.54. The molecule has 4 aromatic rings. The molecule has 0 atom stereocenters. The van der Waals surface area contributed by atoms with Crippen molar-refractivity contribution in [2.24, 2.45) is 17.8 Å². The van der Waals surface area contributed by atoms with Crippen LogP contribution in [0.25, 0.3) is 11.1 Å². The second kappa shape index (κ2) is 12.4. The van der Waals surface area contributed by atoms with Crippen molar-refractivity contribution in [2.45, 2.75) is 90.4 Å². The molecule has 5 aliphatic carbocycles. The second-order valence-electron chi connectivity index (χ2n) is 16.1. The number of hydrogen-bond donors (Lipinski definition) is 2. The maximum atomic E-state index is 14.0. The molecule has 2 aromatic carbocycles. The first-order valence-electron chi connectivity index (χ1n) is 18.8. The van der Waals surface area contributed by atoms with Crippen LogP contribution in [0.3, 0.4) is 0 Å². The summed E-state index contributed by atoms with van der Waals surface area (Å²) in [6.07, 6.45) is 13.3. The van der Waals surface area contributed by atoms with Gasteiger partial charge >= 0.3 is 6.03 Å². The number of aromatic nitrogens is 1. The monoisotopic (exact) mass is 712 g/mol. The molecule has 0 radical (unpaired) electrons. The van der Waals surface area contributed by atoms with Gasteiger partial charge < -0.3 is 9.88 Å². The predicted molar refractivity (Wildman–Crippen MR) is 204 cm³/mol. The number of imide groups is 2. The van der Waals surface area contributed by atoms with Crippen molar-refractivity contribution in [3.63, 3.8) is 0 Å². The Morgan fingerprint density at radius 2 is 1.54 bits per heavy atom. The molecule has 0 spiro atoms. The van der Waals surface area contributed by atoms with Crippen LogP contribution in [0.15, 0.2) is 60.2 Å². The molecule has 5 amide bonds. The van der Waals surface area contributed by atoms with Crippen LogP contribution in [-0.4, -0.2) is 28.3 Å². The summed E-state index contributed by atoms with van der Waals surface area (Å²) in [4.78, 5) is 56.7. The van der Waals surface area contributed by atoms with Crippen molar-refractivity contribution in [1.82, 2.24) is 9.88 Å². The first kappa shape index (κ1) is 33.1. The Hall–Kier alpha value is -4.76. The number of benzene rings is 2. The maximum absolute atomic E-state index is 14.0. The summed E-state index contributed by atoms with van der Waals surface area (Å²) in [6, 6.07) is 16.9. The fourth-order valence-corrected chi connectivity index (χ4v) is 12.0. The average molecular weight is 713 g/mol. The fraction of sp³-hybridized carbons (Fsp3) is 0.395. The molecule has 2 N–H and O–H groups in total. The standard InChI is InChI=1S/C43H44N4O4S/c1-24-8-12-32(13-9-24)44-39(49)37-34-6-4-5-7-36(34)52-41(37)46-25(2)16-30(26(46)3)20-35-38(48)45-42(51)47(40(35)50)33-14-10-31(11-15-33)43-21-27-17-28(22-43)19-29(18-27)23-43/h8-16,20,27-29H,4-7,17-19,21-23H2,1-3H3,(H,44,49)(H,45,48,51)/b35-20-. The number of amides is 5. The number of hydrogen-bond acceptors (Lipinski definition) is 5. The Labute approximate surface area is 308 Å². The molecule has 9 heteroatoms. The smallest absolute Gasteiger partial charge is 0.322 e. The topological polar surface area (TPSA) is 101 Å². The number of fused-ring (bicyclic) bond motifs is 1. The van der Waals surface area contributed by atoms with Gasteiger partial charge in [-0.15, -0.1) is 11.3 Å². The van der Waals surface area contributed by atoms with Gasteiger partial charge in [0.05, 0.1) is 11.3 Å². The first-order chi connectivity index (χ1) is 25.1. The van der Waals surface area contributed by atoms with E-state index in [1.54, 1.807) is 17.4 Å². The Kier molecular flexibility index (Phi) is 7.92. The summed E-state index contributed by atoms with van der Waals surface area (Å²) in [6.45, 7) is 5.93. The van der Waals surface area contributed by atoms with Gasteiger partial charge in [0, 0.05) is 22.0 Å². The fourth-order valence-electron chi connectivity index (χ4n) is 10.5. The van der Waals surface area contributed by atoms with E-state index in [1.165, 1.54) is 49.0 Å². The highest BCUT2D eigenvalue weighted by Crippen LogP contribution is 2.60. The molecule has 5 fully saturated rings. The Morgan fingerprint density at radius 3 is 2.21 bits per heavy atom. The molecule has 0 unspecified atom stereocenters. The van der Waals surface area contributed by atoms with E-state index in [4.69, 9.17) is 0 Å². The third-order valence-corrected chi connectivity index (χ3v) is 13.8. The van der Waals surface area contributed by atoms with Crippen LogP contribution in [0.2, 0.25) is 0 Å². The van der Waals surface area contributed by atoms with Gasteiger partial charge in [-0.2, -0.15) is 0 Å². The summed E-state index contributed by atoms with van der Waals surface area (Å²) in [5.41, 5.74) is 7.87. The molecule has 266 valence electrons. The van der Waals surface area contributed by atoms with Gasteiger partial charge in [0.2, 0.25) is 0 Å². The Morgan fingerprint density at radius 1 is 0.885 bits per heavy atom. The third-order valence-electron chi connectivity index (χ3n) is 12.5. The van der Waals surface area contributed by atoms with Gasteiger partial charge in [0.15, 0.2) is 0 Å². The number of carbonyl (C=O) groups excluding carboxylic acids is 4. The minimum Gasteiger partial charge on any atom is -0.322 e. The van der Waals surface area contributed by atoms with Crippen LogP contribution >= 0.6 is 11.3 Å². The number of anilines is 2. The lowest BCUT2D eigenvalue weighted by atomic mass is 9.48. The van der Waals surface area contributed by atoms with Gasteiger partial charge in [0.1, 0.15) is 10.6 Å². The van der Waals surface area contributed by atoms with E-state index in [2.05, 4.69) is 27.3 Å². The molecule has 3 heterocycles. The van der Waals surface area contributed by atoms with Crippen LogP contribution in [0.4, 0.5) is 16.2 Å². The van der Waals surface area contributed by atoms with Crippen molar-refractivity contribution < 1.29 is 19.2 Å². The van der Waals surface area contributed by atoms with Gasteiger partial charge in [0.25, 0.3) is 17.7 Å². The number of rotatable bonds is 6. The minimum absolute atomic E-state index is 0.104. The second-order valence-corrected chi connectivity index (χ2v) is 17.2. The van der Waals surface area contributed by atoms with Crippen molar-refractivity contribution in [1.29, 1.82) is 0 Å².